The smallest absolute Gasteiger partial charge is 0.252 e. The second-order valence-electron chi connectivity index (χ2n) is 5.73. The molecule has 118 valence electrons. The van der Waals surface area contributed by atoms with Crippen LogP contribution in [0.2, 0.25) is 0 Å². The lowest BCUT2D eigenvalue weighted by Crippen LogP contribution is -2.26. The Labute approximate surface area is 135 Å². The van der Waals surface area contributed by atoms with Crippen molar-refractivity contribution >= 4 is 16.9 Å². The van der Waals surface area contributed by atoms with E-state index in [4.69, 9.17) is 4.98 Å². The molecule has 0 aliphatic carbocycles. The highest BCUT2D eigenvalue weighted by Crippen LogP contribution is 2.20. The van der Waals surface area contributed by atoms with Crippen molar-refractivity contribution in [3.05, 3.63) is 60.2 Å². The number of nitrogens with one attached hydrogen (secondary N) is 1. The van der Waals surface area contributed by atoms with Crippen molar-refractivity contribution in [2.24, 2.45) is 0 Å². The van der Waals surface area contributed by atoms with Crippen LogP contribution in [-0.4, -0.2) is 27.0 Å². The van der Waals surface area contributed by atoms with Crippen molar-refractivity contribution in [1.29, 1.82) is 0 Å². The minimum absolute atomic E-state index is 0.106. The number of hydrogen-bond donors (Lipinski definition) is 1. The average molecular weight is 308 g/mol. The fourth-order valence-electron chi connectivity index (χ4n) is 2.73. The van der Waals surface area contributed by atoms with Gasteiger partial charge in [0.15, 0.2) is 0 Å². The molecule has 0 aliphatic heterocycles. The van der Waals surface area contributed by atoms with Gasteiger partial charge in [0.25, 0.3) is 5.91 Å². The average Bonchev–Trinajstić information content (AvgIpc) is 2.94. The van der Waals surface area contributed by atoms with E-state index in [2.05, 4.69) is 34.8 Å². The Kier molecular flexibility index (Phi) is 4.37. The Morgan fingerprint density at radius 1 is 1.22 bits per heavy atom. The molecule has 0 unspecified atom stereocenters. The summed E-state index contributed by atoms with van der Waals surface area (Å²) in [4.78, 5) is 20.7. The van der Waals surface area contributed by atoms with Crippen LogP contribution in [0.15, 0.2) is 48.8 Å². The number of benzene rings is 1. The van der Waals surface area contributed by atoms with Gasteiger partial charge in [0.05, 0.1) is 16.6 Å². The second kappa shape index (κ2) is 6.60. The van der Waals surface area contributed by atoms with Crippen LogP contribution in [0.3, 0.4) is 0 Å². The summed E-state index contributed by atoms with van der Waals surface area (Å²) in [5.41, 5.74) is 2.70. The molecule has 2 heterocycles. The van der Waals surface area contributed by atoms with Crippen molar-refractivity contribution in [2.45, 2.75) is 26.3 Å². The topological polar surface area (TPSA) is 59.8 Å². The van der Waals surface area contributed by atoms with E-state index >= 15 is 0 Å². The van der Waals surface area contributed by atoms with Crippen LogP contribution < -0.4 is 5.32 Å². The minimum Gasteiger partial charge on any atom is -0.352 e. The number of aromatic nitrogens is 3. The lowest BCUT2D eigenvalue weighted by molar-refractivity contribution is 0.0953. The monoisotopic (exact) mass is 308 g/mol. The van der Waals surface area contributed by atoms with Gasteiger partial charge in [-0.2, -0.15) is 0 Å². The summed E-state index contributed by atoms with van der Waals surface area (Å²) >= 11 is 0. The van der Waals surface area contributed by atoms with Gasteiger partial charge in [0.1, 0.15) is 5.82 Å². The first-order chi connectivity index (χ1) is 11.2. The normalized spacial score (nSPS) is 11.1. The summed E-state index contributed by atoms with van der Waals surface area (Å²) in [7, 11) is 0. The summed E-state index contributed by atoms with van der Waals surface area (Å²) in [6.07, 6.45) is 3.92. The van der Waals surface area contributed by atoms with Crippen LogP contribution in [0, 0.1) is 0 Å². The summed E-state index contributed by atoms with van der Waals surface area (Å²) < 4.78 is 2.23. The molecular weight excluding hydrogens is 288 g/mol. The molecule has 0 saturated heterocycles. The van der Waals surface area contributed by atoms with Crippen LogP contribution in [0.4, 0.5) is 0 Å². The van der Waals surface area contributed by atoms with Gasteiger partial charge >= 0.3 is 0 Å². The predicted octanol–water partition coefficient (Wildman–Crippen LogP) is 2.98. The maximum Gasteiger partial charge on any atom is 0.252 e. The largest absolute Gasteiger partial charge is 0.352 e. The van der Waals surface area contributed by atoms with E-state index in [-0.39, 0.29) is 5.91 Å². The summed E-state index contributed by atoms with van der Waals surface area (Å²) in [6.45, 7) is 4.83. The van der Waals surface area contributed by atoms with Crippen molar-refractivity contribution in [2.75, 3.05) is 6.54 Å². The van der Waals surface area contributed by atoms with Crippen molar-refractivity contribution < 1.29 is 4.79 Å². The molecule has 1 N–H and O–H groups in total. The van der Waals surface area contributed by atoms with Crippen molar-refractivity contribution in [1.82, 2.24) is 19.9 Å². The molecule has 3 rings (SSSR count). The Hall–Kier alpha value is -2.69. The van der Waals surface area contributed by atoms with Crippen LogP contribution in [0.5, 0.6) is 0 Å². The van der Waals surface area contributed by atoms with Gasteiger partial charge in [-0.05, 0) is 38.1 Å². The molecule has 0 aliphatic rings. The second-order valence-corrected chi connectivity index (χ2v) is 5.73. The molecule has 5 nitrogen and oxygen atoms in total. The number of fused-ring (bicyclic) bond motifs is 1. The number of imidazole rings is 1. The Morgan fingerprint density at radius 3 is 2.78 bits per heavy atom. The molecule has 0 bridgehead atoms. The van der Waals surface area contributed by atoms with E-state index in [0.717, 1.165) is 16.9 Å². The van der Waals surface area contributed by atoms with Gasteiger partial charge in [-0.3, -0.25) is 9.78 Å². The van der Waals surface area contributed by atoms with E-state index in [1.807, 2.05) is 18.2 Å². The quantitative estimate of drug-likeness (QED) is 0.788. The van der Waals surface area contributed by atoms with Gasteiger partial charge in [0, 0.05) is 31.4 Å². The molecule has 23 heavy (non-hydrogen) atoms. The van der Waals surface area contributed by atoms with Gasteiger partial charge in [0.2, 0.25) is 0 Å². The number of rotatable bonds is 5. The van der Waals surface area contributed by atoms with Gasteiger partial charge in [-0.15, -0.1) is 0 Å². The molecule has 0 spiro atoms. The highest BCUT2D eigenvalue weighted by molar-refractivity contribution is 5.93. The minimum atomic E-state index is -0.106. The number of para-hydroxylation sites is 2. The first-order valence-corrected chi connectivity index (χ1v) is 7.81. The first kappa shape index (κ1) is 15.2. The maximum atomic E-state index is 12.0. The molecule has 5 heteroatoms. The highest BCUT2D eigenvalue weighted by Gasteiger charge is 2.13. The Morgan fingerprint density at radius 2 is 2.04 bits per heavy atom. The van der Waals surface area contributed by atoms with Gasteiger partial charge in [-0.25, -0.2) is 4.98 Å². The molecule has 2 aromatic heterocycles. The van der Waals surface area contributed by atoms with Gasteiger partial charge in [-0.1, -0.05) is 12.1 Å². The van der Waals surface area contributed by atoms with Crippen molar-refractivity contribution in [3.8, 4) is 0 Å². The fraction of sp³-hybridized carbons (Fsp3) is 0.278. The number of pyridine rings is 1. The molecule has 3 aromatic rings. The standard InChI is InChI=1S/C18H20N4O/c1-13(2)22-16-8-4-3-7-15(16)21-17(22)9-11-20-18(23)14-6-5-10-19-12-14/h3-8,10,12-13H,9,11H2,1-2H3,(H,20,23). The molecule has 0 radical (unpaired) electrons. The third-order valence-electron chi connectivity index (χ3n) is 3.74. The van der Waals surface area contributed by atoms with E-state index in [9.17, 15) is 4.79 Å². The maximum absolute atomic E-state index is 12.0. The third-order valence-corrected chi connectivity index (χ3v) is 3.74. The fourth-order valence-corrected chi connectivity index (χ4v) is 2.73. The molecule has 1 amide bonds. The first-order valence-electron chi connectivity index (χ1n) is 7.81. The number of carbonyl (C=O) groups is 1. The summed E-state index contributed by atoms with van der Waals surface area (Å²) in [6, 6.07) is 12.0. The Balaban J connectivity index is 1.72. The summed E-state index contributed by atoms with van der Waals surface area (Å²) in [5.74, 6) is 0.887. The molecule has 0 atom stereocenters. The molecule has 1 aromatic carbocycles. The molecular formula is C18H20N4O. The number of nitrogens with zero attached hydrogens (tertiary/aromatic N) is 3. The lowest BCUT2D eigenvalue weighted by Gasteiger charge is -2.13. The van der Waals surface area contributed by atoms with Crippen LogP contribution in [0.25, 0.3) is 11.0 Å². The van der Waals surface area contributed by atoms with Gasteiger partial charge < -0.3 is 9.88 Å². The SMILES string of the molecule is CC(C)n1c(CCNC(=O)c2cccnc2)nc2ccccc21. The van der Waals surface area contributed by atoms with E-state index in [1.54, 1.807) is 24.5 Å². The third kappa shape index (κ3) is 3.23. The predicted molar refractivity (Wildman–Crippen MR) is 90.4 cm³/mol. The van der Waals surface area contributed by atoms with Crippen LogP contribution >= 0.6 is 0 Å². The highest BCUT2D eigenvalue weighted by atomic mass is 16.1. The Bertz CT molecular complexity index is 808. The van der Waals surface area contributed by atoms with E-state index in [0.29, 0.717) is 24.6 Å². The van der Waals surface area contributed by atoms with E-state index in [1.165, 1.54) is 0 Å². The van der Waals surface area contributed by atoms with Crippen LogP contribution in [0.1, 0.15) is 36.1 Å². The molecule has 0 fully saturated rings. The molecule has 0 saturated carbocycles. The number of hydrogen-bond acceptors (Lipinski definition) is 3. The number of carbonyl (C=O) groups excluding carboxylic acids is 1. The zero-order valence-corrected chi connectivity index (χ0v) is 13.4. The lowest BCUT2D eigenvalue weighted by atomic mass is 10.2. The van der Waals surface area contributed by atoms with Crippen molar-refractivity contribution in [3.63, 3.8) is 0 Å². The number of amides is 1. The summed E-state index contributed by atoms with van der Waals surface area (Å²) in [5, 5.41) is 2.93. The van der Waals surface area contributed by atoms with E-state index < -0.39 is 0 Å². The zero-order chi connectivity index (χ0) is 16.2. The van der Waals surface area contributed by atoms with Crippen LogP contribution in [-0.2, 0) is 6.42 Å². The zero-order valence-electron chi connectivity index (χ0n) is 13.4.